The lowest BCUT2D eigenvalue weighted by Crippen LogP contribution is -2.06. The van der Waals surface area contributed by atoms with E-state index in [0.717, 1.165) is 5.56 Å². The zero-order valence-electron chi connectivity index (χ0n) is 11.6. The van der Waals surface area contributed by atoms with E-state index < -0.39 is 17.5 Å². The molecule has 0 aliphatic heterocycles. The molecule has 0 unspecified atom stereocenters. The van der Waals surface area contributed by atoms with Crippen molar-refractivity contribution in [2.75, 3.05) is 7.11 Å². The van der Waals surface area contributed by atoms with Crippen LogP contribution in [-0.4, -0.2) is 12.2 Å². The van der Waals surface area contributed by atoms with Crippen LogP contribution in [-0.2, 0) is 17.5 Å². The normalized spacial score (nSPS) is 11.2. The Kier molecular flexibility index (Phi) is 4.38. The Morgan fingerprint density at radius 1 is 1.23 bits per heavy atom. The molecule has 1 N–H and O–H groups in total. The number of aromatic hydroxyl groups is 1. The van der Waals surface area contributed by atoms with Gasteiger partial charge in [-0.15, -0.1) is 0 Å². The van der Waals surface area contributed by atoms with E-state index in [4.69, 9.17) is 10.00 Å². The lowest BCUT2D eigenvalue weighted by atomic mass is 9.97. The Balaban J connectivity index is 2.65. The van der Waals surface area contributed by atoms with Gasteiger partial charge in [0.05, 0.1) is 23.8 Å². The molecule has 114 valence electrons. The third-order valence-electron chi connectivity index (χ3n) is 3.09. The van der Waals surface area contributed by atoms with Gasteiger partial charge in [-0.1, -0.05) is 18.2 Å². The first-order valence-electron chi connectivity index (χ1n) is 6.29. The van der Waals surface area contributed by atoms with E-state index in [1.165, 1.54) is 13.2 Å². The average Bonchev–Trinajstić information content (AvgIpc) is 2.47. The second kappa shape index (κ2) is 6.08. The van der Waals surface area contributed by atoms with Crippen LogP contribution in [0, 0.1) is 11.3 Å². The average molecular weight is 307 g/mol. The number of halogens is 3. The molecule has 0 atom stereocenters. The molecule has 0 radical (unpaired) electrons. The molecule has 0 bridgehead atoms. The SMILES string of the molecule is COCc1cccc(-c2cc(C#N)cc(C(F)(F)F)c2O)c1. The van der Waals surface area contributed by atoms with Crippen molar-refractivity contribution in [3.05, 3.63) is 53.1 Å². The van der Waals surface area contributed by atoms with Gasteiger partial charge in [0.25, 0.3) is 0 Å². The van der Waals surface area contributed by atoms with Crippen LogP contribution < -0.4 is 0 Å². The highest BCUT2D eigenvalue weighted by Gasteiger charge is 2.35. The van der Waals surface area contributed by atoms with Gasteiger partial charge in [-0.2, -0.15) is 18.4 Å². The first kappa shape index (κ1) is 15.9. The van der Waals surface area contributed by atoms with Crippen molar-refractivity contribution in [2.45, 2.75) is 12.8 Å². The fourth-order valence-electron chi connectivity index (χ4n) is 2.13. The summed E-state index contributed by atoms with van der Waals surface area (Å²) in [6.07, 6.45) is -4.74. The van der Waals surface area contributed by atoms with Crippen molar-refractivity contribution in [2.24, 2.45) is 0 Å². The number of phenols is 1. The number of methoxy groups -OCH3 is 1. The molecule has 2 aromatic carbocycles. The van der Waals surface area contributed by atoms with Crippen LogP contribution in [0.25, 0.3) is 11.1 Å². The lowest BCUT2D eigenvalue weighted by Gasteiger charge is -2.14. The van der Waals surface area contributed by atoms with Gasteiger partial charge in [0.1, 0.15) is 5.75 Å². The van der Waals surface area contributed by atoms with E-state index in [1.807, 2.05) is 0 Å². The molecule has 0 spiro atoms. The topological polar surface area (TPSA) is 53.2 Å². The van der Waals surface area contributed by atoms with Gasteiger partial charge in [-0.3, -0.25) is 0 Å². The molecular weight excluding hydrogens is 295 g/mol. The summed E-state index contributed by atoms with van der Waals surface area (Å²) in [5.74, 6) is -0.888. The predicted molar refractivity (Wildman–Crippen MR) is 74.0 cm³/mol. The summed E-state index contributed by atoms with van der Waals surface area (Å²) in [6.45, 7) is 0.290. The number of ether oxygens (including phenoxy) is 1. The molecule has 0 aliphatic rings. The van der Waals surface area contributed by atoms with Crippen molar-refractivity contribution in [1.82, 2.24) is 0 Å². The molecule has 2 aromatic rings. The highest BCUT2D eigenvalue weighted by atomic mass is 19.4. The summed E-state index contributed by atoms with van der Waals surface area (Å²) in [6, 6.07) is 10.1. The van der Waals surface area contributed by atoms with Crippen molar-refractivity contribution in [1.29, 1.82) is 5.26 Å². The third-order valence-corrected chi connectivity index (χ3v) is 3.09. The lowest BCUT2D eigenvalue weighted by molar-refractivity contribution is -0.138. The quantitative estimate of drug-likeness (QED) is 0.929. The van der Waals surface area contributed by atoms with Gasteiger partial charge >= 0.3 is 6.18 Å². The minimum absolute atomic E-state index is 0.0377. The fourth-order valence-corrected chi connectivity index (χ4v) is 2.13. The largest absolute Gasteiger partial charge is 0.507 e. The summed E-state index contributed by atoms with van der Waals surface area (Å²) < 4.78 is 43.9. The standard InChI is InChI=1S/C16H12F3NO2/c1-22-9-10-3-2-4-12(5-10)13-6-11(8-20)7-14(15(13)21)16(17,18)19/h2-7,21H,9H2,1H3. The fraction of sp³-hybridized carbons (Fsp3) is 0.188. The van der Waals surface area contributed by atoms with Gasteiger partial charge in [-0.05, 0) is 29.3 Å². The number of benzene rings is 2. The van der Waals surface area contributed by atoms with Crippen LogP contribution in [0.2, 0.25) is 0 Å². The van der Waals surface area contributed by atoms with Crippen molar-refractivity contribution >= 4 is 0 Å². The highest BCUT2D eigenvalue weighted by molar-refractivity contribution is 5.74. The van der Waals surface area contributed by atoms with Crippen LogP contribution in [0.5, 0.6) is 5.75 Å². The first-order chi connectivity index (χ1) is 10.4. The van der Waals surface area contributed by atoms with Gasteiger partial charge < -0.3 is 9.84 Å². The predicted octanol–water partition coefficient (Wildman–Crippen LogP) is 4.10. The molecule has 0 saturated heterocycles. The number of phenolic OH excluding ortho intramolecular Hbond substituents is 1. The van der Waals surface area contributed by atoms with Crippen molar-refractivity contribution in [3.8, 4) is 22.9 Å². The summed E-state index contributed by atoms with van der Waals surface area (Å²) >= 11 is 0. The van der Waals surface area contributed by atoms with E-state index >= 15 is 0 Å². The van der Waals surface area contributed by atoms with Crippen molar-refractivity contribution in [3.63, 3.8) is 0 Å². The van der Waals surface area contributed by atoms with Gasteiger partial charge in [-0.25, -0.2) is 0 Å². The molecule has 2 rings (SSSR count). The minimum Gasteiger partial charge on any atom is -0.507 e. The summed E-state index contributed by atoms with van der Waals surface area (Å²) in [5, 5.41) is 18.9. The second-order valence-corrected chi connectivity index (χ2v) is 4.66. The van der Waals surface area contributed by atoms with E-state index in [9.17, 15) is 18.3 Å². The summed E-state index contributed by atoms with van der Waals surface area (Å²) in [7, 11) is 1.50. The number of rotatable bonds is 3. The maximum Gasteiger partial charge on any atom is 0.420 e. The summed E-state index contributed by atoms with van der Waals surface area (Å²) in [5.41, 5.74) is -0.301. The van der Waals surface area contributed by atoms with Gasteiger partial charge in [0.2, 0.25) is 0 Å². The Bertz CT molecular complexity index is 733. The molecule has 0 fully saturated rings. The Morgan fingerprint density at radius 3 is 2.55 bits per heavy atom. The van der Waals surface area contributed by atoms with E-state index in [0.29, 0.717) is 18.2 Å². The zero-order valence-corrected chi connectivity index (χ0v) is 11.6. The van der Waals surface area contributed by atoms with Crippen LogP contribution >= 0.6 is 0 Å². The van der Waals surface area contributed by atoms with Crippen LogP contribution in [0.3, 0.4) is 0 Å². The zero-order chi connectivity index (χ0) is 16.3. The molecule has 0 heterocycles. The molecule has 6 heteroatoms. The van der Waals surface area contributed by atoms with Gasteiger partial charge in [0, 0.05) is 12.7 Å². The molecule has 0 aliphatic carbocycles. The number of hydrogen-bond acceptors (Lipinski definition) is 3. The summed E-state index contributed by atoms with van der Waals surface area (Å²) in [4.78, 5) is 0. The Hall–Kier alpha value is -2.52. The number of nitriles is 1. The van der Waals surface area contributed by atoms with Crippen LogP contribution in [0.1, 0.15) is 16.7 Å². The molecule has 0 amide bonds. The maximum atomic E-state index is 13.0. The number of nitrogens with zero attached hydrogens (tertiary/aromatic N) is 1. The highest BCUT2D eigenvalue weighted by Crippen LogP contribution is 2.42. The molecule has 22 heavy (non-hydrogen) atoms. The second-order valence-electron chi connectivity index (χ2n) is 4.66. The molecule has 0 aromatic heterocycles. The Labute approximate surface area is 125 Å². The van der Waals surface area contributed by atoms with Crippen LogP contribution in [0.4, 0.5) is 13.2 Å². The number of alkyl halides is 3. The minimum atomic E-state index is -4.74. The maximum absolute atomic E-state index is 13.0. The number of hydrogen-bond donors (Lipinski definition) is 1. The van der Waals surface area contributed by atoms with E-state index in [-0.39, 0.29) is 11.1 Å². The Morgan fingerprint density at radius 2 is 1.95 bits per heavy atom. The monoisotopic (exact) mass is 307 g/mol. The third kappa shape index (κ3) is 3.21. The van der Waals surface area contributed by atoms with Crippen molar-refractivity contribution < 1.29 is 23.0 Å². The molecular formula is C16H12F3NO2. The first-order valence-corrected chi connectivity index (χ1v) is 6.29. The molecule has 3 nitrogen and oxygen atoms in total. The van der Waals surface area contributed by atoms with E-state index in [1.54, 1.807) is 30.3 Å². The molecule has 0 saturated carbocycles. The smallest absolute Gasteiger partial charge is 0.420 e. The van der Waals surface area contributed by atoms with E-state index in [2.05, 4.69) is 0 Å². The van der Waals surface area contributed by atoms with Gasteiger partial charge in [0.15, 0.2) is 0 Å². The van der Waals surface area contributed by atoms with Crippen LogP contribution in [0.15, 0.2) is 36.4 Å².